The standard InChI is InChI=1S/C24H26N8O2S/c1-4-32-8-7-15-5-6-17(9-16(15)12-32)30-22(33)19-11-25-24(35-19)14(2)29-23(34)20-18-10-28-31(3)21(18)27-13-26-20/h5-6,9-11,13-14H,4,7-8,12H2,1-3H3,(H,29,34)(H,30,33). The molecule has 1 aliphatic rings. The third kappa shape index (κ3) is 4.64. The summed E-state index contributed by atoms with van der Waals surface area (Å²) in [4.78, 5) is 41.2. The number of rotatable bonds is 6. The number of hydrogen-bond donors (Lipinski definition) is 2. The average Bonchev–Trinajstić information content (AvgIpc) is 3.51. The van der Waals surface area contributed by atoms with Crippen LogP contribution < -0.4 is 10.6 Å². The van der Waals surface area contributed by atoms with Crippen LogP contribution in [-0.2, 0) is 20.0 Å². The second kappa shape index (κ2) is 9.51. The van der Waals surface area contributed by atoms with Gasteiger partial charge in [0.15, 0.2) is 5.65 Å². The summed E-state index contributed by atoms with van der Waals surface area (Å²) < 4.78 is 1.59. The number of likely N-dealkylation sites (N-methyl/N-ethyl adjacent to an activating group) is 1. The number of anilines is 1. The highest BCUT2D eigenvalue weighted by molar-refractivity contribution is 7.13. The molecule has 2 N–H and O–H groups in total. The number of aromatic nitrogens is 5. The SMILES string of the molecule is CCN1CCc2ccc(NC(=O)c3cnc(C(C)NC(=O)c4ncnc5c4cnn5C)s3)cc2C1. The number of carbonyl (C=O) groups is 2. The zero-order chi connectivity index (χ0) is 24.5. The largest absolute Gasteiger partial charge is 0.342 e. The maximum absolute atomic E-state index is 12.9. The fraction of sp³-hybridized carbons (Fsp3) is 0.333. The molecule has 2 amide bonds. The molecule has 1 aromatic carbocycles. The van der Waals surface area contributed by atoms with Crippen molar-refractivity contribution in [3.8, 4) is 0 Å². The number of amides is 2. The van der Waals surface area contributed by atoms with Crippen molar-refractivity contribution < 1.29 is 9.59 Å². The maximum atomic E-state index is 12.9. The van der Waals surface area contributed by atoms with Crippen LogP contribution in [-0.4, -0.2) is 54.5 Å². The lowest BCUT2D eigenvalue weighted by molar-refractivity contribution is 0.0936. The van der Waals surface area contributed by atoms with Crippen molar-refractivity contribution in [2.75, 3.05) is 18.4 Å². The molecule has 0 spiro atoms. The van der Waals surface area contributed by atoms with E-state index in [-0.39, 0.29) is 17.5 Å². The third-order valence-corrected chi connectivity index (χ3v) is 7.39. The van der Waals surface area contributed by atoms with Gasteiger partial charge in [0.1, 0.15) is 21.9 Å². The van der Waals surface area contributed by atoms with E-state index in [0.717, 1.165) is 31.7 Å². The summed E-state index contributed by atoms with van der Waals surface area (Å²) in [5.41, 5.74) is 4.19. The van der Waals surface area contributed by atoms with Crippen molar-refractivity contribution in [2.45, 2.75) is 32.9 Å². The van der Waals surface area contributed by atoms with Crippen molar-refractivity contribution in [2.24, 2.45) is 7.05 Å². The molecule has 0 saturated carbocycles. The van der Waals surface area contributed by atoms with E-state index in [1.54, 1.807) is 24.1 Å². The van der Waals surface area contributed by atoms with Crippen LogP contribution in [0.2, 0.25) is 0 Å². The smallest absolute Gasteiger partial charge is 0.271 e. The topological polar surface area (TPSA) is 118 Å². The minimum absolute atomic E-state index is 0.219. The van der Waals surface area contributed by atoms with Crippen molar-refractivity contribution in [3.05, 3.63) is 63.6 Å². The minimum atomic E-state index is -0.403. The molecule has 5 rings (SSSR count). The number of thiazole rings is 1. The van der Waals surface area contributed by atoms with E-state index in [0.29, 0.717) is 20.9 Å². The molecule has 1 atom stereocenters. The molecule has 3 aromatic heterocycles. The Morgan fingerprint density at radius 3 is 2.83 bits per heavy atom. The van der Waals surface area contributed by atoms with Gasteiger partial charge in [-0.3, -0.25) is 19.2 Å². The summed E-state index contributed by atoms with van der Waals surface area (Å²) >= 11 is 1.25. The number of carbonyl (C=O) groups excluding carboxylic acids is 2. The van der Waals surface area contributed by atoms with Crippen molar-refractivity contribution in [1.82, 2.24) is 34.9 Å². The molecule has 0 aliphatic carbocycles. The molecule has 0 bridgehead atoms. The van der Waals surface area contributed by atoms with Crippen LogP contribution >= 0.6 is 11.3 Å². The number of nitrogens with one attached hydrogen (secondary N) is 2. The molecular formula is C24H26N8O2S. The predicted molar refractivity (Wildman–Crippen MR) is 133 cm³/mol. The van der Waals surface area contributed by atoms with Gasteiger partial charge in [-0.2, -0.15) is 5.10 Å². The lowest BCUT2D eigenvalue weighted by Gasteiger charge is -2.27. The van der Waals surface area contributed by atoms with Crippen LogP contribution in [0, 0.1) is 0 Å². The number of nitrogens with zero attached hydrogens (tertiary/aromatic N) is 6. The monoisotopic (exact) mass is 490 g/mol. The van der Waals surface area contributed by atoms with Crippen LogP contribution in [0.4, 0.5) is 5.69 Å². The summed E-state index contributed by atoms with van der Waals surface area (Å²) in [7, 11) is 1.76. The van der Waals surface area contributed by atoms with Gasteiger partial charge >= 0.3 is 0 Å². The number of hydrogen-bond acceptors (Lipinski definition) is 8. The van der Waals surface area contributed by atoms with E-state index in [4.69, 9.17) is 0 Å². The van der Waals surface area contributed by atoms with Crippen LogP contribution in [0.5, 0.6) is 0 Å². The van der Waals surface area contributed by atoms with Gasteiger partial charge in [-0.15, -0.1) is 11.3 Å². The predicted octanol–water partition coefficient (Wildman–Crippen LogP) is 2.94. The van der Waals surface area contributed by atoms with Crippen LogP contribution in [0.1, 0.15) is 56.2 Å². The average molecular weight is 491 g/mol. The molecule has 1 unspecified atom stereocenters. The van der Waals surface area contributed by atoms with E-state index in [9.17, 15) is 9.59 Å². The van der Waals surface area contributed by atoms with Crippen LogP contribution in [0.25, 0.3) is 11.0 Å². The first kappa shape index (κ1) is 23.1. The van der Waals surface area contributed by atoms with E-state index in [2.05, 4.69) is 54.6 Å². The second-order valence-corrected chi connectivity index (χ2v) is 9.60. The Kier molecular flexibility index (Phi) is 6.27. The first-order valence-electron chi connectivity index (χ1n) is 11.5. The van der Waals surface area contributed by atoms with Gasteiger partial charge in [0.2, 0.25) is 0 Å². The fourth-order valence-corrected chi connectivity index (χ4v) is 5.03. The first-order chi connectivity index (χ1) is 16.9. The Balaban J connectivity index is 1.25. The van der Waals surface area contributed by atoms with Crippen molar-refractivity contribution in [1.29, 1.82) is 0 Å². The van der Waals surface area contributed by atoms with Gasteiger partial charge in [-0.1, -0.05) is 13.0 Å². The lowest BCUT2D eigenvalue weighted by Crippen LogP contribution is -2.30. The fourth-order valence-electron chi connectivity index (χ4n) is 4.22. The molecule has 0 saturated heterocycles. The first-order valence-corrected chi connectivity index (χ1v) is 12.3. The molecule has 180 valence electrons. The Morgan fingerprint density at radius 2 is 2.00 bits per heavy atom. The zero-order valence-electron chi connectivity index (χ0n) is 19.8. The minimum Gasteiger partial charge on any atom is -0.342 e. The molecular weight excluding hydrogens is 464 g/mol. The van der Waals surface area contributed by atoms with E-state index in [1.807, 2.05) is 13.0 Å². The molecule has 4 aromatic rings. The highest BCUT2D eigenvalue weighted by Crippen LogP contribution is 2.25. The second-order valence-electron chi connectivity index (χ2n) is 8.54. The molecule has 0 fully saturated rings. The number of benzene rings is 1. The Hall–Kier alpha value is -3.70. The summed E-state index contributed by atoms with van der Waals surface area (Å²) in [6.45, 7) is 6.96. The van der Waals surface area contributed by atoms with Gasteiger partial charge in [0.05, 0.1) is 23.8 Å². The Bertz CT molecular complexity index is 1410. The maximum Gasteiger partial charge on any atom is 0.271 e. The summed E-state index contributed by atoms with van der Waals surface area (Å²) in [5, 5.41) is 11.2. The molecule has 11 heteroatoms. The number of aryl methyl sites for hydroxylation is 1. The summed E-state index contributed by atoms with van der Waals surface area (Å²) in [6.07, 6.45) is 5.48. The molecule has 4 heterocycles. The Morgan fingerprint density at radius 1 is 1.14 bits per heavy atom. The lowest BCUT2D eigenvalue weighted by atomic mass is 9.99. The van der Waals surface area contributed by atoms with Gasteiger partial charge in [-0.25, -0.2) is 15.0 Å². The molecule has 35 heavy (non-hydrogen) atoms. The van der Waals surface area contributed by atoms with E-state index in [1.165, 1.54) is 28.8 Å². The third-order valence-electron chi connectivity index (χ3n) is 6.21. The molecule has 0 radical (unpaired) electrons. The summed E-state index contributed by atoms with van der Waals surface area (Å²) in [6, 6.07) is 5.70. The molecule has 10 nitrogen and oxygen atoms in total. The number of fused-ring (bicyclic) bond motifs is 2. The zero-order valence-corrected chi connectivity index (χ0v) is 20.6. The summed E-state index contributed by atoms with van der Waals surface area (Å²) in [5.74, 6) is -0.572. The van der Waals surface area contributed by atoms with Crippen LogP contribution in [0.15, 0.2) is 36.9 Å². The molecule has 1 aliphatic heterocycles. The Labute approximate surface area is 206 Å². The van der Waals surface area contributed by atoms with Crippen molar-refractivity contribution in [3.63, 3.8) is 0 Å². The van der Waals surface area contributed by atoms with Gasteiger partial charge in [0.25, 0.3) is 11.8 Å². The van der Waals surface area contributed by atoms with Crippen molar-refractivity contribution >= 4 is 39.9 Å². The highest BCUT2D eigenvalue weighted by Gasteiger charge is 2.21. The van der Waals surface area contributed by atoms with E-state index < -0.39 is 6.04 Å². The van der Waals surface area contributed by atoms with Crippen LogP contribution in [0.3, 0.4) is 0 Å². The van der Waals surface area contributed by atoms with Gasteiger partial charge in [-0.05, 0) is 43.1 Å². The normalized spacial score (nSPS) is 14.5. The highest BCUT2D eigenvalue weighted by atomic mass is 32.1. The van der Waals surface area contributed by atoms with Gasteiger partial charge in [0, 0.05) is 25.8 Å². The quantitative estimate of drug-likeness (QED) is 0.427. The van der Waals surface area contributed by atoms with Gasteiger partial charge < -0.3 is 10.6 Å². The van der Waals surface area contributed by atoms with E-state index >= 15 is 0 Å².